The van der Waals surface area contributed by atoms with Crippen molar-refractivity contribution in [3.8, 4) is 11.5 Å². The lowest BCUT2D eigenvalue weighted by molar-refractivity contribution is -0.385. The molecule has 2 aromatic carbocycles. The number of nitro benzene ring substituents is 1. The van der Waals surface area contributed by atoms with Gasteiger partial charge in [0.2, 0.25) is 0 Å². The summed E-state index contributed by atoms with van der Waals surface area (Å²) in [5.41, 5.74) is 0.391. The number of carbonyl (C=O) groups is 1. The van der Waals surface area contributed by atoms with E-state index in [2.05, 4.69) is 4.90 Å². The van der Waals surface area contributed by atoms with Gasteiger partial charge in [0.1, 0.15) is 10.6 Å². The van der Waals surface area contributed by atoms with Crippen LogP contribution in [0.25, 0.3) is 0 Å². The van der Waals surface area contributed by atoms with E-state index < -0.39 is 10.9 Å². The molecule has 1 aliphatic rings. The molecule has 1 aliphatic heterocycles. The molecule has 0 aromatic heterocycles. The Morgan fingerprint density at radius 2 is 1.86 bits per heavy atom. The number of ether oxygens (including phenoxy) is 2. The first-order valence-corrected chi connectivity index (χ1v) is 9.93. The largest absolute Gasteiger partial charge is 0.490 e. The first-order chi connectivity index (χ1) is 14.0. The number of likely N-dealkylation sites (tertiary alicyclic amines) is 1. The first kappa shape index (κ1) is 20.7. The van der Waals surface area contributed by atoms with Gasteiger partial charge in [-0.15, -0.1) is 0 Å². The van der Waals surface area contributed by atoms with Crippen LogP contribution >= 0.6 is 12.2 Å². The Morgan fingerprint density at radius 3 is 2.55 bits per heavy atom. The molecule has 152 valence electrons. The van der Waals surface area contributed by atoms with Gasteiger partial charge < -0.3 is 14.4 Å². The van der Waals surface area contributed by atoms with Crippen molar-refractivity contribution in [3.63, 3.8) is 0 Å². The van der Waals surface area contributed by atoms with Crippen molar-refractivity contribution >= 4 is 28.9 Å². The summed E-state index contributed by atoms with van der Waals surface area (Å²) < 4.78 is 11.1. The SMILES string of the molecule is CCOc1cc(C(=S)N2CCCCC2)ccc1OC(=O)c1ccccc1[N+](=O)[O-]. The normalized spacial score (nSPS) is 13.6. The number of rotatable bonds is 6. The van der Waals surface area contributed by atoms with E-state index in [1.54, 1.807) is 24.3 Å². The number of piperidine rings is 1. The maximum absolute atomic E-state index is 12.5. The van der Waals surface area contributed by atoms with Crippen LogP contribution in [0.5, 0.6) is 11.5 Å². The van der Waals surface area contributed by atoms with Gasteiger partial charge in [-0.05, 0) is 50.5 Å². The van der Waals surface area contributed by atoms with Gasteiger partial charge in [0.05, 0.1) is 11.5 Å². The fourth-order valence-electron chi connectivity index (χ4n) is 3.23. The quantitative estimate of drug-likeness (QED) is 0.228. The van der Waals surface area contributed by atoms with Crippen LogP contribution in [-0.2, 0) is 0 Å². The van der Waals surface area contributed by atoms with Crippen molar-refractivity contribution in [2.45, 2.75) is 26.2 Å². The summed E-state index contributed by atoms with van der Waals surface area (Å²) >= 11 is 5.63. The van der Waals surface area contributed by atoms with Crippen LogP contribution in [0.2, 0.25) is 0 Å². The minimum Gasteiger partial charge on any atom is -0.490 e. The second kappa shape index (κ2) is 9.47. The van der Waals surface area contributed by atoms with Gasteiger partial charge in [-0.1, -0.05) is 24.4 Å². The van der Waals surface area contributed by atoms with E-state index in [1.165, 1.54) is 24.6 Å². The topological polar surface area (TPSA) is 81.9 Å². The zero-order valence-corrected chi connectivity index (χ0v) is 16.9. The summed E-state index contributed by atoms with van der Waals surface area (Å²) in [4.78, 5) is 26.0. The zero-order valence-electron chi connectivity index (χ0n) is 16.1. The Morgan fingerprint density at radius 1 is 1.14 bits per heavy atom. The third-order valence-electron chi connectivity index (χ3n) is 4.66. The van der Waals surface area contributed by atoms with Crippen molar-refractivity contribution in [2.24, 2.45) is 0 Å². The molecule has 0 radical (unpaired) electrons. The number of carbonyl (C=O) groups excluding carboxylic acids is 1. The molecule has 1 heterocycles. The Labute approximate surface area is 174 Å². The van der Waals surface area contributed by atoms with E-state index in [0.717, 1.165) is 36.5 Å². The summed E-state index contributed by atoms with van der Waals surface area (Å²) in [6.45, 7) is 4.05. The van der Waals surface area contributed by atoms with Crippen molar-refractivity contribution < 1.29 is 19.2 Å². The second-order valence-electron chi connectivity index (χ2n) is 6.61. The second-order valence-corrected chi connectivity index (χ2v) is 7.00. The molecule has 8 heteroatoms. The molecule has 3 rings (SSSR count). The number of hydrogen-bond donors (Lipinski definition) is 0. The predicted octanol–water partition coefficient (Wildman–Crippen LogP) is 4.37. The molecule has 0 bridgehead atoms. The lowest BCUT2D eigenvalue weighted by Crippen LogP contribution is -2.34. The van der Waals surface area contributed by atoms with Crippen LogP contribution in [0, 0.1) is 10.1 Å². The average molecular weight is 414 g/mol. The lowest BCUT2D eigenvalue weighted by Gasteiger charge is -2.29. The zero-order chi connectivity index (χ0) is 20.8. The van der Waals surface area contributed by atoms with Gasteiger partial charge in [0, 0.05) is 24.7 Å². The lowest BCUT2D eigenvalue weighted by atomic mass is 10.1. The number of para-hydroxylation sites is 1. The molecule has 0 spiro atoms. The third-order valence-corrected chi connectivity index (χ3v) is 5.15. The van der Waals surface area contributed by atoms with Crippen molar-refractivity contribution in [3.05, 3.63) is 63.7 Å². The van der Waals surface area contributed by atoms with Crippen LogP contribution in [0.15, 0.2) is 42.5 Å². The highest BCUT2D eigenvalue weighted by atomic mass is 32.1. The average Bonchev–Trinajstić information content (AvgIpc) is 2.75. The number of nitro groups is 1. The molecular formula is C21H22N2O5S. The molecule has 0 saturated carbocycles. The van der Waals surface area contributed by atoms with Crippen molar-refractivity contribution in [2.75, 3.05) is 19.7 Å². The molecule has 0 N–H and O–H groups in total. The van der Waals surface area contributed by atoms with E-state index in [0.29, 0.717) is 12.4 Å². The smallest absolute Gasteiger partial charge is 0.350 e. The highest BCUT2D eigenvalue weighted by Crippen LogP contribution is 2.31. The van der Waals surface area contributed by atoms with Crippen LogP contribution < -0.4 is 9.47 Å². The van der Waals surface area contributed by atoms with Gasteiger partial charge in [0.15, 0.2) is 11.5 Å². The molecule has 0 unspecified atom stereocenters. The van der Waals surface area contributed by atoms with E-state index in [4.69, 9.17) is 21.7 Å². The maximum atomic E-state index is 12.5. The summed E-state index contributed by atoms with van der Waals surface area (Å²) in [7, 11) is 0. The number of hydrogen-bond acceptors (Lipinski definition) is 6. The summed E-state index contributed by atoms with van der Waals surface area (Å²) in [6.07, 6.45) is 3.44. The van der Waals surface area contributed by atoms with Gasteiger partial charge >= 0.3 is 5.97 Å². The fourth-order valence-corrected chi connectivity index (χ4v) is 3.54. The molecule has 1 fully saturated rings. The minimum atomic E-state index is -0.815. The van der Waals surface area contributed by atoms with Gasteiger partial charge in [-0.2, -0.15) is 0 Å². The van der Waals surface area contributed by atoms with Crippen LogP contribution in [0.4, 0.5) is 5.69 Å². The summed E-state index contributed by atoms with van der Waals surface area (Å²) in [6, 6.07) is 10.8. The number of esters is 1. The van der Waals surface area contributed by atoms with Crippen molar-refractivity contribution in [1.29, 1.82) is 0 Å². The Hall–Kier alpha value is -3.00. The highest BCUT2D eigenvalue weighted by Gasteiger charge is 2.23. The van der Waals surface area contributed by atoms with Crippen molar-refractivity contribution in [1.82, 2.24) is 4.90 Å². The van der Waals surface area contributed by atoms with Gasteiger partial charge in [-0.25, -0.2) is 4.79 Å². The maximum Gasteiger partial charge on any atom is 0.350 e. The molecule has 1 saturated heterocycles. The van der Waals surface area contributed by atoms with Crippen LogP contribution in [-0.4, -0.2) is 40.5 Å². The standard InChI is InChI=1S/C21H22N2O5S/c1-2-27-19-14-15(20(29)22-12-6-3-7-13-22)10-11-18(19)28-21(24)16-8-4-5-9-17(16)23(25)26/h4-5,8-11,14H,2-3,6-7,12-13H2,1H3. The van der Waals surface area contributed by atoms with E-state index in [-0.39, 0.29) is 17.0 Å². The molecule has 29 heavy (non-hydrogen) atoms. The monoisotopic (exact) mass is 414 g/mol. The fraction of sp³-hybridized carbons (Fsp3) is 0.333. The Kier molecular flexibility index (Phi) is 6.77. The van der Waals surface area contributed by atoms with Crippen LogP contribution in [0.1, 0.15) is 42.1 Å². The van der Waals surface area contributed by atoms with E-state index in [9.17, 15) is 14.9 Å². The summed E-state index contributed by atoms with van der Waals surface area (Å²) in [5.74, 6) is -0.249. The highest BCUT2D eigenvalue weighted by molar-refractivity contribution is 7.80. The number of benzene rings is 2. The number of nitrogens with zero attached hydrogens (tertiary/aromatic N) is 2. The molecule has 0 atom stereocenters. The van der Waals surface area contributed by atoms with Gasteiger partial charge in [0.25, 0.3) is 5.69 Å². The van der Waals surface area contributed by atoms with E-state index >= 15 is 0 Å². The third kappa shape index (κ3) is 4.89. The summed E-state index contributed by atoms with van der Waals surface area (Å²) in [5, 5.41) is 11.2. The molecule has 7 nitrogen and oxygen atoms in total. The first-order valence-electron chi connectivity index (χ1n) is 9.53. The Bertz CT molecular complexity index is 925. The molecular weight excluding hydrogens is 392 g/mol. The minimum absolute atomic E-state index is 0.118. The Balaban J connectivity index is 1.85. The number of thiocarbonyl (C=S) groups is 1. The molecule has 0 aliphatic carbocycles. The van der Waals surface area contributed by atoms with E-state index in [1.807, 2.05) is 6.92 Å². The van der Waals surface area contributed by atoms with Crippen LogP contribution in [0.3, 0.4) is 0 Å². The predicted molar refractivity (Wildman–Crippen MR) is 113 cm³/mol. The van der Waals surface area contributed by atoms with Gasteiger partial charge in [-0.3, -0.25) is 10.1 Å². The molecule has 0 amide bonds. The molecule has 2 aromatic rings.